The summed E-state index contributed by atoms with van der Waals surface area (Å²) in [4.78, 5) is 24.5. The third-order valence-electron chi connectivity index (χ3n) is 3.53. The predicted molar refractivity (Wildman–Crippen MR) is 77.7 cm³/mol. The van der Waals surface area contributed by atoms with Gasteiger partial charge in [0.2, 0.25) is 5.91 Å². The molecular formula is C14H20N2O3S. The zero-order valence-electron chi connectivity index (χ0n) is 11.5. The molecule has 1 aromatic rings. The highest BCUT2D eigenvalue weighted by molar-refractivity contribution is 7.12. The van der Waals surface area contributed by atoms with Crippen molar-refractivity contribution in [3.63, 3.8) is 0 Å². The highest BCUT2D eigenvalue weighted by atomic mass is 32.1. The first-order valence-corrected chi connectivity index (χ1v) is 7.77. The smallest absolute Gasteiger partial charge is 0.261 e. The fourth-order valence-electron chi connectivity index (χ4n) is 2.29. The van der Waals surface area contributed by atoms with E-state index in [0.29, 0.717) is 4.88 Å². The van der Waals surface area contributed by atoms with E-state index >= 15 is 0 Å². The van der Waals surface area contributed by atoms with E-state index in [1.807, 2.05) is 5.38 Å². The summed E-state index contributed by atoms with van der Waals surface area (Å²) in [5, 5.41) is 16.9. The number of hydrogen-bond donors (Lipinski definition) is 3. The summed E-state index contributed by atoms with van der Waals surface area (Å²) in [6.07, 6.45) is 2.79. The second kappa shape index (κ2) is 6.85. The van der Waals surface area contributed by atoms with Crippen molar-refractivity contribution in [2.75, 3.05) is 0 Å². The summed E-state index contributed by atoms with van der Waals surface area (Å²) in [6.45, 7) is 1.68. The minimum Gasteiger partial charge on any atom is -0.393 e. The summed E-state index contributed by atoms with van der Waals surface area (Å²) >= 11 is 1.35. The van der Waals surface area contributed by atoms with E-state index < -0.39 is 6.04 Å². The van der Waals surface area contributed by atoms with Crippen LogP contribution in [0.4, 0.5) is 0 Å². The number of thiophene rings is 1. The van der Waals surface area contributed by atoms with Gasteiger partial charge in [-0.25, -0.2) is 0 Å². The molecule has 0 saturated heterocycles. The fourth-order valence-corrected chi connectivity index (χ4v) is 2.91. The average molecular weight is 296 g/mol. The number of aliphatic hydroxyl groups is 1. The number of rotatable bonds is 4. The van der Waals surface area contributed by atoms with Crippen molar-refractivity contribution in [1.82, 2.24) is 10.6 Å². The van der Waals surface area contributed by atoms with Crippen LogP contribution in [-0.4, -0.2) is 35.1 Å². The molecule has 110 valence electrons. The van der Waals surface area contributed by atoms with Gasteiger partial charge in [0, 0.05) is 6.04 Å². The van der Waals surface area contributed by atoms with Crippen LogP contribution in [-0.2, 0) is 4.79 Å². The molecule has 3 N–H and O–H groups in total. The van der Waals surface area contributed by atoms with Gasteiger partial charge in [-0.3, -0.25) is 9.59 Å². The van der Waals surface area contributed by atoms with Gasteiger partial charge < -0.3 is 15.7 Å². The Kier molecular flexibility index (Phi) is 5.14. The van der Waals surface area contributed by atoms with Crippen molar-refractivity contribution < 1.29 is 14.7 Å². The molecule has 1 fully saturated rings. The van der Waals surface area contributed by atoms with E-state index in [2.05, 4.69) is 10.6 Å². The van der Waals surface area contributed by atoms with Crippen molar-refractivity contribution in [2.24, 2.45) is 0 Å². The monoisotopic (exact) mass is 296 g/mol. The van der Waals surface area contributed by atoms with Crippen molar-refractivity contribution in [3.05, 3.63) is 22.4 Å². The van der Waals surface area contributed by atoms with Crippen LogP contribution >= 0.6 is 11.3 Å². The molecule has 0 aliphatic heterocycles. The number of hydrogen-bond acceptors (Lipinski definition) is 4. The summed E-state index contributed by atoms with van der Waals surface area (Å²) < 4.78 is 0. The van der Waals surface area contributed by atoms with Crippen LogP contribution < -0.4 is 10.6 Å². The van der Waals surface area contributed by atoms with Gasteiger partial charge >= 0.3 is 0 Å². The first-order chi connectivity index (χ1) is 9.56. The summed E-state index contributed by atoms with van der Waals surface area (Å²) in [5.74, 6) is -0.391. The normalized spacial score (nSPS) is 23.9. The Morgan fingerprint density at radius 2 is 2.05 bits per heavy atom. The topological polar surface area (TPSA) is 78.4 Å². The van der Waals surface area contributed by atoms with Crippen LogP contribution in [0, 0.1) is 0 Å². The summed E-state index contributed by atoms with van der Waals surface area (Å²) in [5.41, 5.74) is 0. The Morgan fingerprint density at radius 3 is 2.65 bits per heavy atom. The lowest BCUT2D eigenvalue weighted by atomic mass is 9.93. The Morgan fingerprint density at radius 1 is 1.35 bits per heavy atom. The van der Waals surface area contributed by atoms with Gasteiger partial charge in [-0.1, -0.05) is 6.07 Å². The molecule has 1 atom stereocenters. The van der Waals surface area contributed by atoms with E-state index in [0.717, 1.165) is 25.7 Å². The lowest BCUT2D eigenvalue weighted by Gasteiger charge is -2.27. The van der Waals surface area contributed by atoms with Gasteiger partial charge in [0.1, 0.15) is 6.04 Å². The van der Waals surface area contributed by atoms with Crippen LogP contribution in [0.15, 0.2) is 17.5 Å². The third-order valence-corrected chi connectivity index (χ3v) is 4.40. The molecule has 1 aliphatic rings. The maximum absolute atomic E-state index is 12.0. The molecule has 0 aromatic carbocycles. The maximum Gasteiger partial charge on any atom is 0.261 e. The molecule has 1 aliphatic carbocycles. The lowest BCUT2D eigenvalue weighted by Crippen LogP contribution is -2.49. The molecule has 20 heavy (non-hydrogen) atoms. The molecule has 1 unspecified atom stereocenters. The van der Waals surface area contributed by atoms with E-state index in [-0.39, 0.29) is 24.0 Å². The standard InChI is InChI=1S/C14H20N2O3S/c1-9(15-14(19)12-3-2-8-20-12)13(18)16-10-4-6-11(17)7-5-10/h2-3,8-11,17H,4-7H2,1H3,(H,15,19)(H,16,18). The molecule has 0 spiro atoms. The number of amides is 2. The zero-order valence-corrected chi connectivity index (χ0v) is 12.3. The minimum absolute atomic E-state index is 0.104. The van der Waals surface area contributed by atoms with Crippen molar-refractivity contribution in [1.29, 1.82) is 0 Å². The highest BCUT2D eigenvalue weighted by Gasteiger charge is 2.23. The van der Waals surface area contributed by atoms with Crippen LogP contribution in [0.5, 0.6) is 0 Å². The second-order valence-electron chi connectivity index (χ2n) is 5.19. The average Bonchev–Trinajstić information content (AvgIpc) is 2.95. The molecule has 2 rings (SSSR count). The summed E-state index contributed by atoms with van der Waals surface area (Å²) in [7, 11) is 0. The van der Waals surface area contributed by atoms with Crippen LogP contribution in [0.3, 0.4) is 0 Å². The van der Waals surface area contributed by atoms with E-state index in [1.54, 1.807) is 19.1 Å². The van der Waals surface area contributed by atoms with Gasteiger partial charge in [0.15, 0.2) is 0 Å². The van der Waals surface area contributed by atoms with Gasteiger partial charge in [0.25, 0.3) is 5.91 Å². The first-order valence-electron chi connectivity index (χ1n) is 6.89. The number of carbonyl (C=O) groups is 2. The first kappa shape index (κ1) is 15.0. The lowest BCUT2D eigenvalue weighted by molar-refractivity contribution is -0.123. The Bertz CT molecular complexity index is 453. The quantitative estimate of drug-likeness (QED) is 0.783. The molecule has 0 bridgehead atoms. The van der Waals surface area contributed by atoms with Crippen molar-refractivity contribution in [2.45, 2.75) is 50.8 Å². The predicted octanol–water partition coefficient (Wildman–Crippen LogP) is 1.29. The van der Waals surface area contributed by atoms with E-state index in [9.17, 15) is 14.7 Å². The number of carbonyl (C=O) groups excluding carboxylic acids is 2. The minimum atomic E-state index is -0.559. The van der Waals surface area contributed by atoms with Gasteiger partial charge in [-0.05, 0) is 44.1 Å². The summed E-state index contributed by atoms with van der Waals surface area (Å²) in [6, 6.07) is 3.08. The van der Waals surface area contributed by atoms with E-state index in [1.165, 1.54) is 11.3 Å². The molecule has 1 aromatic heterocycles. The molecule has 5 nitrogen and oxygen atoms in total. The molecule has 1 saturated carbocycles. The zero-order chi connectivity index (χ0) is 14.5. The molecule has 2 amide bonds. The van der Waals surface area contributed by atoms with Gasteiger partial charge in [0.05, 0.1) is 11.0 Å². The number of nitrogens with one attached hydrogen (secondary N) is 2. The largest absolute Gasteiger partial charge is 0.393 e. The van der Waals surface area contributed by atoms with Crippen molar-refractivity contribution in [3.8, 4) is 0 Å². The molecule has 0 radical (unpaired) electrons. The van der Waals surface area contributed by atoms with Crippen LogP contribution in [0.2, 0.25) is 0 Å². The van der Waals surface area contributed by atoms with E-state index in [4.69, 9.17) is 0 Å². The Hall–Kier alpha value is -1.40. The molecular weight excluding hydrogens is 276 g/mol. The van der Waals surface area contributed by atoms with Crippen LogP contribution in [0.1, 0.15) is 42.3 Å². The van der Waals surface area contributed by atoms with Crippen LogP contribution in [0.25, 0.3) is 0 Å². The number of aliphatic hydroxyl groups excluding tert-OH is 1. The second-order valence-corrected chi connectivity index (χ2v) is 6.13. The highest BCUT2D eigenvalue weighted by Crippen LogP contribution is 2.18. The Balaban J connectivity index is 1.78. The molecule has 6 heteroatoms. The molecule has 1 heterocycles. The van der Waals surface area contributed by atoms with Gasteiger partial charge in [-0.15, -0.1) is 11.3 Å². The maximum atomic E-state index is 12.0. The fraction of sp³-hybridized carbons (Fsp3) is 0.571. The Labute approximate surface area is 122 Å². The van der Waals surface area contributed by atoms with Gasteiger partial charge in [-0.2, -0.15) is 0 Å². The third kappa shape index (κ3) is 4.05. The van der Waals surface area contributed by atoms with Crippen molar-refractivity contribution >= 4 is 23.2 Å². The SMILES string of the molecule is CC(NC(=O)c1cccs1)C(=O)NC1CCC(O)CC1.